The van der Waals surface area contributed by atoms with Crippen LogP contribution < -0.4 is 0 Å². The summed E-state index contributed by atoms with van der Waals surface area (Å²) < 4.78 is 9.16. The third-order valence-electron chi connectivity index (χ3n) is 17.5. The average molecular weight is 1150 g/mol. The Morgan fingerprint density at radius 3 is 1.03 bits per heavy atom. The zero-order valence-corrected chi connectivity index (χ0v) is 48.7. The van der Waals surface area contributed by atoms with E-state index in [0.29, 0.717) is 28.2 Å². The number of benzene rings is 13. The van der Waals surface area contributed by atoms with Gasteiger partial charge in [-0.15, -0.1) is 0 Å². The predicted molar refractivity (Wildman–Crippen MR) is 370 cm³/mol. The number of hydrogen-bond acceptors (Lipinski definition) is 4. The highest BCUT2D eigenvalue weighted by atomic mass is 16.3. The average Bonchev–Trinajstić information content (AvgIpc) is 1.34. The highest BCUT2D eigenvalue weighted by Gasteiger charge is 2.33. The van der Waals surface area contributed by atoms with Gasteiger partial charge < -0.3 is 4.42 Å². The lowest BCUT2D eigenvalue weighted by atomic mass is 9.75. The van der Waals surface area contributed by atoms with Crippen LogP contribution in [-0.4, -0.2) is 9.55 Å². The fourth-order valence-electron chi connectivity index (χ4n) is 13.8. The minimum atomic E-state index is 0.457. The van der Waals surface area contributed by atoms with Crippen LogP contribution in [0.2, 0.25) is 0 Å². The van der Waals surface area contributed by atoms with Gasteiger partial charge >= 0.3 is 0 Å². The minimum Gasteiger partial charge on any atom is -0.455 e. The monoisotopic (exact) mass is 1140 g/mol. The molecule has 16 aromatic rings. The molecule has 3 heterocycles. The first-order valence-electron chi connectivity index (χ1n) is 30.2. The zero-order valence-electron chi connectivity index (χ0n) is 48.7. The molecule has 5 nitrogen and oxygen atoms in total. The maximum atomic E-state index is 12.5. The summed E-state index contributed by atoms with van der Waals surface area (Å²) in [7, 11) is 0. The number of furan rings is 1. The third-order valence-corrected chi connectivity index (χ3v) is 17.5. The van der Waals surface area contributed by atoms with E-state index in [9.17, 15) is 10.5 Å². The summed E-state index contributed by atoms with van der Waals surface area (Å²) in [6.07, 6.45) is 0. The Labute approximate surface area is 521 Å². The molecule has 0 amide bonds. The lowest BCUT2D eigenvalue weighted by Gasteiger charge is -2.28. The van der Waals surface area contributed by atoms with E-state index in [-0.39, 0.29) is 0 Å². The van der Waals surface area contributed by atoms with E-state index in [1.165, 1.54) is 0 Å². The Morgan fingerprint density at radius 1 is 0.278 bits per heavy atom. The van der Waals surface area contributed by atoms with Crippen LogP contribution in [0.15, 0.2) is 320 Å². The van der Waals surface area contributed by atoms with Gasteiger partial charge in [0.05, 0.1) is 33.2 Å². The SMILES string of the molecule is N#Cc1c(-c2ccccc2)c(-c2ccccc2)c(-c2ccccc2)c(-c2ccccc2)c1-c1cc(-c2c(C#N)c(-c3ccccc3)c(-c3ccccc3)c(-c3ccccc3)c2-c2ccccc2)nc(-n2c3ccccc3c3c4oc5ccccc5c4ccc32)c1. The van der Waals surface area contributed by atoms with Gasteiger partial charge in [0.25, 0.3) is 0 Å². The molecule has 0 radical (unpaired) electrons. The van der Waals surface area contributed by atoms with Crippen molar-refractivity contribution >= 4 is 43.7 Å². The highest BCUT2D eigenvalue weighted by Crippen LogP contribution is 2.56. The Hall–Kier alpha value is -12.4. The molecule has 0 aliphatic carbocycles. The van der Waals surface area contributed by atoms with Crippen LogP contribution in [0.1, 0.15) is 11.1 Å². The van der Waals surface area contributed by atoms with Gasteiger partial charge in [-0.3, -0.25) is 4.57 Å². The topological polar surface area (TPSA) is 78.5 Å². The van der Waals surface area contributed by atoms with Gasteiger partial charge in [-0.05, 0) is 114 Å². The van der Waals surface area contributed by atoms with E-state index >= 15 is 0 Å². The molecule has 90 heavy (non-hydrogen) atoms. The molecule has 0 spiro atoms. The van der Waals surface area contributed by atoms with Crippen LogP contribution in [0.25, 0.3) is 161 Å². The first kappa shape index (κ1) is 53.1. The molecule has 0 unspecified atom stereocenters. The molecule has 0 atom stereocenters. The van der Waals surface area contributed by atoms with E-state index < -0.39 is 0 Å². The molecule has 418 valence electrons. The first-order chi connectivity index (χ1) is 44.6. The Morgan fingerprint density at radius 2 is 0.611 bits per heavy atom. The van der Waals surface area contributed by atoms with Crippen molar-refractivity contribution in [3.05, 3.63) is 327 Å². The van der Waals surface area contributed by atoms with Gasteiger partial charge in [0, 0.05) is 44.0 Å². The maximum absolute atomic E-state index is 12.5. The highest BCUT2D eigenvalue weighted by molar-refractivity contribution is 6.24. The number of nitrogens with zero attached hydrogens (tertiary/aromatic N) is 4. The Balaban J connectivity index is 1.16. The largest absolute Gasteiger partial charge is 0.455 e. The summed E-state index contributed by atoms with van der Waals surface area (Å²) in [5.41, 5.74) is 21.6. The number of hydrogen-bond donors (Lipinski definition) is 0. The molecule has 16 rings (SSSR count). The van der Waals surface area contributed by atoms with Crippen LogP contribution >= 0.6 is 0 Å². The van der Waals surface area contributed by atoms with Crippen molar-refractivity contribution < 1.29 is 4.42 Å². The number of fused-ring (bicyclic) bond motifs is 7. The van der Waals surface area contributed by atoms with Gasteiger partial charge in [-0.2, -0.15) is 10.5 Å². The van der Waals surface area contributed by atoms with Crippen LogP contribution in [-0.2, 0) is 0 Å². The second kappa shape index (κ2) is 22.5. The van der Waals surface area contributed by atoms with Crippen molar-refractivity contribution in [2.45, 2.75) is 0 Å². The molecule has 0 saturated carbocycles. The summed E-state index contributed by atoms with van der Waals surface area (Å²) in [6.45, 7) is 0. The molecular formula is C85H52N4O. The third kappa shape index (κ3) is 8.80. The van der Waals surface area contributed by atoms with Crippen molar-refractivity contribution in [2.75, 3.05) is 0 Å². The fourth-order valence-corrected chi connectivity index (χ4v) is 13.8. The van der Waals surface area contributed by atoms with Crippen molar-refractivity contribution in [1.29, 1.82) is 10.5 Å². The van der Waals surface area contributed by atoms with Crippen molar-refractivity contribution in [1.82, 2.24) is 9.55 Å². The fraction of sp³-hybridized carbons (Fsp3) is 0. The summed E-state index contributed by atoms with van der Waals surface area (Å²) in [5, 5.41) is 29.0. The van der Waals surface area contributed by atoms with Gasteiger partial charge in [0.2, 0.25) is 0 Å². The van der Waals surface area contributed by atoms with Crippen LogP contribution in [0.3, 0.4) is 0 Å². The number of rotatable bonds is 11. The molecular weight excluding hydrogens is 1090 g/mol. The van der Waals surface area contributed by atoms with E-state index in [1.807, 2.05) is 78.9 Å². The molecule has 0 N–H and O–H groups in total. The normalized spacial score (nSPS) is 11.3. The van der Waals surface area contributed by atoms with E-state index in [0.717, 1.165) is 144 Å². The minimum absolute atomic E-state index is 0.457. The number of nitriles is 2. The first-order valence-corrected chi connectivity index (χ1v) is 30.2. The summed E-state index contributed by atoms with van der Waals surface area (Å²) in [4.78, 5) is 6.04. The molecule has 0 fully saturated rings. The summed E-state index contributed by atoms with van der Waals surface area (Å²) in [5.74, 6) is 0.583. The Kier molecular flexibility index (Phi) is 13.2. The van der Waals surface area contributed by atoms with E-state index in [2.05, 4.69) is 253 Å². The molecule has 0 saturated heterocycles. The molecule has 13 aromatic carbocycles. The van der Waals surface area contributed by atoms with E-state index in [4.69, 9.17) is 9.40 Å². The smallest absolute Gasteiger partial charge is 0.145 e. The molecule has 3 aromatic heterocycles. The van der Waals surface area contributed by atoms with Crippen LogP contribution in [0.5, 0.6) is 0 Å². The lowest BCUT2D eigenvalue weighted by Crippen LogP contribution is -2.06. The van der Waals surface area contributed by atoms with Crippen molar-refractivity contribution in [3.8, 4) is 129 Å². The number of para-hydroxylation sites is 2. The second-order valence-electron chi connectivity index (χ2n) is 22.5. The van der Waals surface area contributed by atoms with Gasteiger partial charge in [-0.25, -0.2) is 4.98 Å². The van der Waals surface area contributed by atoms with Gasteiger partial charge in [0.15, 0.2) is 0 Å². The predicted octanol–water partition coefficient (Wildman–Crippen LogP) is 22.5. The standard InChI is InChI=1S/C85H52N4O/c86-53-67-74(55-29-9-1-10-30-55)77(57-33-13-3-14-34-57)80(60-39-19-6-20-40-60)79(59-37-17-5-18-38-59)76(67)63-51-69(88-73(52-63)89-70-47-27-25-46-66(70)84-71(89)50-49-65-64-45-26-28-48-72(64)90-85(65)84)83-68(54-87)75(56-31-11-2-12-32-56)78(58-35-15-4-16-36-58)81(61-41-21-7-22-42-61)82(83)62-43-23-8-24-44-62/h1-52H. The second-order valence-corrected chi connectivity index (χ2v) is 22.5. The van der Waals surface area contributed by atoms with Gasteiger partial charge in [-0.1, -0.05) is 279 Å². The Bertz CT molecular complexity index is 5250. The molecule has 5 heteroatoms. The zero-order chi connectivity index (χ0) is 60.1. The molecule has 0 bridgehead atoms. The van der Waals surface area contributed by atoms with E-state index in [1.54, 1.807) is 0 Å². The molecule has 0 aliphatic heterocycles. The van der Waals surface area contributed by atoms with Gasteiger partial charge in [0.1, 0.15) is 29.1 Å². The van der Waals surface area contributed by atoms with Crippen LogP contribution in [0.4, 0.5) is 0 Å². The summed E-state index contributed by atoms with van der Waals surface area (Å²) >= 11 is 0. The van der Waals surface area contributed by atoms with Crippen molar-refractivity contribution in [3.63, 3.8) is 0 Å². The number of aromatic nitrogens is 2. The van der Waals surface area contributed by atoms with Crippen LogP contribution in [0, 0.1) is 22.7 Å². The quantitative estimate of drug-likeness (QED) is 0.129. The molecule has 0 aliphatic rings. The number of pyridine rings is 1. The summed E-state index contributed by atoms with van der Waals surface area (Å²) in [6, 6.07) is 115. The lowest BCUT2D eigenvalue weighted by molar-refractivity contribution is 0.673. The maximum Gasteiger partial charge on any atom is 0.145 e. The van der Waals surface area contributed by atoms with Crippen molar-refractivity contribution in [2.24, 2.45) is 0 Å².